The fourth-order valence-corrected chi connectivity index (χ4v) is 3.00. The van der Waals surface area contributed by atoms with Crippen molar-refractivity contribution in [3.8, 4) is 5.75 Å². The minimum absolute atomic E-state index is 0.576. The van der Waals surface area contributed by atoms with Gasteiger partial charge in [0, 0.05) is 13.1 Å². The molecule has 0 amide bonds. The lowest BCUT2D eigenvalue weighted by Gasteiger charge is -2.27. The predicted octanol–water partition coefficient (Wildman–Crippen LogP) is 3.76. The van der Waals surface area contributed by atoms with E-state index in [4.69, 9.17) is 4.74 Å². The fourth-order valence-electron chi connectivity index (χ4n) is 3.00. The molecule has 2 rings (SSSR count). The zero-order valence-electron chi connectivity index (χ0n) is 11.7. The van der Waals surface area contributed by atoms with Gasteiger partial charge in [0.2, 0.25) is 0 Å². The molecule has 100 valence electrons. The smallest absolute Gasteiger partial charge is 0.118 e. The number of benzene rings is 1. The molecule has 0 bridgehead atoms. The quantitative estimate of drug-likeness (QED) is 0.826. The van der Waals surface area contributed by atoms with E-state index in [1.807, 2.05) is 12.1 Å². The van der Waals surface area contributed by atoms with Gasteiger partial charge in [-0.05, 0) is 42.4 Å². The van der Waals surface area contributed by atoms with Crippen molar-refractivity contribution in [2.45, 2.75) is 45.6 Å². The molecule has 1 aromatic rings. The van der Waals surface area contributed by atoms with Crippen LogP contribution in [0.4, 0.5) is 0 Å². The normalized spacial score (nSPS) is 17.9. The molecule has 0 atom stereocenters. The second kappa shape index (κ2) is 6.24. The van der Waals surface area contributed by atoms with E-state index < -0.39 is 0 Å². The van der Waals surface area contributed by atoms with Gasteiger partial charge >= 0.3 is 0 Å². The molecule has 0 aliphatic heterocycles. The van der Waals surface area contributed by atoms with E-state index in [2.05, 4.69) is 24.4 Å². The average Bonchev–Trinajstić information content (AvgIpc) is 2.89. The van der Waals surface area contributed by atoms with Crippen LogP contribution in [0, 0.1) is 5.41 Å². The van der Waals surface area contributed by atoms with Gasteiger partial charge in [0.1, 0.15) is 5.75 Å². The number of hydrogen-bond acceptors (Lipinski definition) is 2. The standard InChI is InChI=1S/C16H25NO/c1-3-16(10-4-5-11-16)13-17-12-14-6-8-15(18-2)9-7-14/h6-9,17H,3-5,10-13H2,1-2H3. The van der Waals surface area contributed by atoms with Gasteiger partial charge in [0.05, 0.1) is 7.11 Å². The number of methoxy groups -OCH3 is 1. The Bertz CT molecular complexity index is 352. The molecule has 0 spiro atoms. The second-order valence-electron chi connectivity index (χ2n) is 5.51. The van der Waals surface area contributed by atoms with Gasteiger partial charge in [-0.3, -0.25) is 0 Å². The summed E-state index contributed by atoms with van der Waals surface area (Å²) in [6, 6.07) is 8.34. The third kappa shape index (κ3) is 3.26. The summed E-state index contributed by atoms with van der Waals surface area (Å²) in [7, 11) is 1.71. The number of ether oxygens (including phenoxy) is 1. The van der Waals surface area contributed by atoms with Crippen LogP contribution in [0.2, 0.25) is 0 Å². The molecule has 1 aromatic carbocycles. The highest BCUT2D eigenvalue weighted by Crippen LogP contribution is 2.40. The lowest BCUT2D eigenvalue weighted by molar-refractivity contribution is 0.268. The summed E-state index contributed by atoms with van der Waals surface area (Å²) < 4.78 is 5.17. The topological polar surface area (TPSA) is 21.3 Å². The third-order valence-corrected chi connectivity index (χ3v) is 4.40. The maximum absolute atomic E-state index is 5.17. The highest BCUT2D eigenvalue weighted by atomic mass is 16.5. The predicted molar refractivity (Wildman–Crippen MR) is 75.9 cm³/mol. The fraction of sp³-hybridized carbons (Fsp3) is 0.625. The van der Waals surface area contributed by atoms with Crippen LogP contribution in [0.15, 0.2) is 24.3 Å². The van der Waals surface area contributed by atoms with Gasteiger partial charge in [0.15, 0.2) is 0 Å². The number of hydrogen-bond donors (Lipinski definition) is 1. The monoisotopic (exact) mass is 247 g/mol. The molecule has 1 aliphatic rings. The highest BCUT2D eigenvalue weighted by molar-refractivity contribution is 5.27. The molecule has 2 nitrogen and oxygen atoms in total. The van der Waals surface area contributed by atoms with Crippen molar-refractivity contribution < 1.29 is 4.74 Å². The van der Waals surface area contributed by atoms with Crippen molar-refractivity contribution in [2.24, 2.45) is 5.41 Å². The maximum atomic E-state index is 5.17. The lowest BCUT2D eigenvalue weighted by Crippen LogP contribution is -2.31. The Kier molecular flexibility index (Phi) is 4.65. The lowest BCUT2D eigenvalue weighted by atomic mass is 9.83. The van der Waals surface area contributed by atoms with E-state index in [9.17, 15) is 0 Å². The van der Waals surface area contributed by atoms with E-state index in [0.29, 0.717) is 5.41 Å². The first-order valence-corrected chi connectivity index (χ1v) is 7.12. The van der Waals surface area contributed by atoms with Crippen LogP contribution >= 0.6 is 0 Å². The van der Waals surface area contributed by atoms with Crippen LogP contribution in [0.1, 0.15) is 44.6 Å². The zero-order valence-corrected chi connectivity index (χ0v) is 11.7. The maximum Gasteiger partial charge on any atom is 0.118 e. The van der Waals surface area contributed by atoms with Crippen LogP contribution in [0.25, 0.3) is 0 Å². The molecule has 2 heteroatoms. The van der Waals surface area contributed by atoms with Crippen molar-refractivity contribution in [1.29, 1.82) is 0 Å². The summed E-state index contributed by atoms with van der Waals surface area (Å²) >= 11 is 0. The van der Waals surface area contributed by atoms with Gasteiger partial charge in [-0.15, -0.1) is 0 Å². The van der Waals surface area contributed by atoms with E-state index in [1.165, 1.54) is 37.7 Å². The van der Waals surface area contributed by atoms with Crippen LogP contribution in [-0.2, 0) is 6.54 Å². The molecule has 1 N–H and O–H groups in total. The Hall–Kier alpha value is -1.02. The first-order valence-electron chi connectivity index (χ1n) is 7.12. The summed E-state index contributed by atoms with van der Waals surface area (Å²) in [5.41, 5.74) is 1.91. The zero-order chi connectivity index (χ0) is 12.8. The summed E-state index contributed by atoms with van der Waals surface area (Å²) in [6.45, 7) is 4.46. The molecule has 1 fully saturated rings. The molecule has 0 saturated heterocycles. The van der Waals surface area contributed by atoms with Crippen molar-refractivity contribution in [2.75, 3.05) is 13.7 Å². The third-order valence-electron chi connectivity index (χ3n) is 4.40. The van der Waals surface area contributed by atoms with Crippen molar-refractivity contribution in [3.63, 3.8) is 0 Å². The second-order valence-corrected chi connectivity index (χ2v) is 5.51. The van der Waals surface area contributed by atoms with Crippen LogP contribution in [0.5, 0.6) is 5.75 Å². The van der Waals surface area contributed by atoms with Gasteiger partial charge in [-0.2, -0.15) is 0 Å². The largest absolute Gasteiger partial charge is 0.497 e. The van der Waals surface area contributed by atoms with Gasteiger partial charge in [-0.1, -0.05) is 31.9 Å². The first kappa shape index (κ1) is 13.4. The van der Waals surface area contributed by atoms with Gasteiger partial charge < -0.3 is 10.1 Å². The van der Waals surface area contributed by atoms with Crippen molar-refractivity contribution in [1.82, 2.24) is 5.32 Å². The molecule has 1 aliphatic carbocycles. The molecule has 0 radical (unpaired) electrons. The van der Waals surface area contributed by atoms with Crippen LogP contribution < -0.4 is 10.1 Å². The van der Waals surface area contributed by atoms with Crippen LogP contribution in [0.3, 0.4) is 0 Å². The Morgan fingerprint density at radius 3 is 2.39 bits per heavy atom. The molecule has 18 heavy (non-hydrogen) atoms. The van der Waals surface area contributed by atoms with E-state index in [0.717, 1.165) is 18.8 Å². The summed E-state index contributed by atoms with van der Waals surface area (Å²) in [4.78, 5) is 0. The van der Waals surface area contributed by atoms with E-state index in [-0.39, 0.29) is 0 Å². The Labute approximate surface area is 111 Å². The number of rotatable bonds is 6. The molecular weight excluding hydrogens is 222 g/mol. The molecule has 0 heterocycles. The highest BCUT2D eigenvalue weighted by Gasteiger charge is 2.31. The van der Waals surface area contributed by atoms with E-state index >= 15 is 0 Å². The molecular formula is C16H25NO. The summed E-state index contributed by atoms with van der Waals surface area (Å²) in [6.07, 6.45) is 6.94. The Morgan fingerprint density at radius 1 is 1.17 bits per heavy atom. The minimum atomic E-state index is 0.576. The SMILES string of the molecule is CCC1(CNCc2ccc(OC)cc2)CCCC1. The van der Waals surface area contributed by atoms with E-state index in [1.54, 1.807) is 7.11 Å². The summed E-state index contributed by atoms with van der Waals surface area (Å²) in [5.74, 6) is 0.930. The Morgan fingerprint density at radius 2 is 1.83 bits per heavy atom. The minimum Gasteiger partial charge on any atom is -0.497 e. The molecule has 1 saturated carbocycles. The van der Waals surface area contributed by atoms with Gasteiger partial charge in [0.25, 0.3) is 0 Å². The Balaban J connectivity index is 1.80. The van der Waals surface area contributed by atoms with Crippen LogP contribution in [-0.4, -0.2) is 13.7 Å². The molecule has 0 aromatic heterocycles. The average molecular weight is 247 g/mol. The first-order chi connectivity index (χ1) is 8.78. The molecule has 0 unspecified atom stereocenters. The number of nitrogens with one attached hydrogen (secondary N) is 1. The van der Waals surface area contributed by atoms with Crippen molar-refractivity contribution in [3.05, 3.63) is 29.8 Å². The van der Waals surface area contributed by atoms with Crippen molar-refractivity contribution >= 4 is 0 Å². The summed E-state index contributed by atoms with van der Waals surface area (Å²) in [5, 5.41) is 3.63. The van der Waals surface area contributed by atoms with Gasteiger partial charge in [-0.25, -0.2) is 0 Å².